The van der Waals surface area contributed by atoms with Crippen molar-refractivity contribution in [2.24, 2.45) is 34.7 Å². The minimum Gasteiger partial charge on any atom is -0.391 e. The maximum atomic E-state index is 13.8. The van der Waals surface area contributed by atoms with E-state index in [2.05, 4.69) is 42.4 Å². The number of hydrogen-bond donors (Lipinski definition) is 0. The van der Waals surface area contributed by atoms with Gasteiger partial charge in [-0.25, -0.2) is 4.90 Å². The van der Waals surface area contributed by atoms with Gasteiger partial charge in [-0.05, 0) is 56.1 Å². The lowest BCUT2D eigenvalue weighted by Crippen LogP contribution is -2.41. The zero-order valence-electron chi connectivity index (χ0n) is 18.3. The lowest BCUT2D eigenvalue weighted by atomic mass is 9.71. The van der Waals surface area contributed by atoms with Gasteiger partial charge in [0.25, 0.3) is 0 Å². The number of nitrogens with zero attached hydrogens (tertiary/aromatic N) is 3. The molecule has 166 valence electrons. The fourth-order valence-electron chi connectivity index (χ4n) is 7.11. The number of benzene rings is 1. The number of oxime groups is 1. The summed E-state index contributed by atoms with van der Waals surface area (Å²) < 4.78 is 0. The Labute approximate surface area is 195 Å². The van der Waals surface area contributed by atoms with Crippen molar-refractivity contribution in [2.75, 3.05) is 4.90 Å². The molecular weight excluding hydrogens is 434 g/mol. The summed E-state index contributed by atoms with van der Waals surface area (Å²) in [5.74, 6) is -0.872. The van der Waals surface area contributed by atoms with Gasteiger partial charge in [0.15, 0.2) is 0 Å². The van der Waals surface area contributed by atoms with E-state index in [0.29, 0.717) is 10.6 Å². The maximum Gasteiger partial charge on any atom is 0.238 e. The zero-order valence-corrected chi connectivity index (χ0v) is 19.1. The van der Waals surface area contributed by atoms with Crippen LogP contribution in [0.5, 0.6) is 0 Å². The van der Waals surface area contributed by atoms with Crippen molar-refractivity contribution in [3.8, 4) is 6.07 Å². The van der Waals surface area contributed by atoms with Crippen LogP contribution in [0.3, 0.4) is 0 Å². The largest absolute Gasteiger partial charge is 0.391 e. The first-order valence-electron chi connectivity index (χ1n) is 11.8. The Morgan fingerprint density at radius 2 is 1.79 bits per heavy atom. The summed E-state index contributed by atoms with van der Waals surface area (Å²) in [5, 5.41) is 14.9. The SMILES string of the molecule is Cc1ccc(C2=NO[C@H]3[C@H]4C[C@@H]([C@@H]23)[C@@H]2C(=O)N(c3sc5c(c3C#N)CCCC5)C(=O)[C@H]42)cc1. The van der Waals surface area contributed by atoms with Crippen LogP contribution in [-0.2, 0) is 27.3 Å². The lowest BCUT2D eigenvalue weighted by Gasteiger charge is -2.29. The van der Waals surface area contributed by atoms with Gasteiger partial charge in [-0.2, -0.15) is 5.26 Å². The lowest BCUT2D eigenvalue weighted by molar-refractivity contribution is -0.125. The minimum absolute atomic E-state index is 0.00160. The highest BCUT2D eigenvalue weighted by molar-refractivity contribution is 7.17. The summed E-state index contributed by atoms with van der Waals surface area (Å²) in [4.78, 5) is 35.9. The van der Waals surface area contributed by atoms with E-state index in [4.69, 9.17) is 4.84 Å². The smallest absolute Gasteiger partial charge is 0.238 e. The topological polar surface area (TPSA) is 82.8 Å². The Bertz CT molecular complexity index is 1290. The molecule has 2 aliphatic heterocycles. The molecule has 0 N–H and O–H groups in total. The predicted octanol–water partition coefficient (Wildman–Crippen LogP) is 3.98. The second-order valence-electron chi connectivity index (χ2n) is 10.1. The molecule has 3 aliphatic carbocycles. The van der Waals surface area contributed by atoms with Crippen molar-refractivity contribution in [1.29, 1.82) is 5.26 Å². The first-order chi connectivity index (χ1) is 16.1. The number of carbonyl (C=O) groups excluding carboxylic acids is 2. The van der Waals surface area contributed by atoms with Crippen LogP contribution >= 0.6 is 11.3 Å². The van der Waals surface area contributed by atoms with Crippen molar-refractivity contribution >= 4 is 33.9 Å². The van der Waals surface area contributed by atoms with Gasteiger partial charge >= 0.3 is 0 Å². The number of anilines is 1. The average molecular weight is 458 g/mol. The standard InChI is InChI=1S/C26H23N3O3S/c1-12-6-8-13(9-7-12)22-21-15-10-16(23(21)32-28-22)20-19(15)24(30)29(25(20)31)26-17(11-27)14-4-2-3-5-18(14)33-26/h6-9,15-16,19-21,23H,2-5,10H2,1H3/t15-,16+,19+,20-,21+,23+/m1/s1. The molecule has 6 atom stereocenters. The summed E-state index contributed by atoms with van der Waals surface area (Å²) in [5.41, 5.74) is 4.72. The molecule has 2 bridgehead atoms. The van der Waals surface area contributed by atoms with E-state index in [1.807, 2.05) is 0 Å². The molecule has 1 aromatic heterocycles. The summed E-state index contributed by atoms with van der Waals surface area (Å²) in [7, 11) is 0. The number of nitriles is 1. The number of amides is 2. The number of hydrogen-bond acceptors (Lipinski definition) is 6. The van der Waals surface area contributed by atoms with Crippen LogP contribution in [-0.4, -0.2) is 23.6 Å². The molecular formula is C26H23N3O3S. The van der Waals surface area contributed by atoms with E-state index in [0.717, 1.165) is 48.9 Å². The van der Waals surface area contributed by atoms with E-state index in [1.165, 1.54) is 26.7 Å². The predicted molar refractivity (Wildman–Crippen MR) is 123 cm³/mol. The Hall–Kier alpha value is -2.98. The molecule has 2 amide bonds. The Kier molecular flexibility index (Phi) is 4.00. The van der Waals surface area contributed by atoms with E-state index in [9.17, 15) is 14.9 Å². The molecule has 33 heavy (non-hydrogen) atoms. The van der Waals surface area contributed by atoms with E-state index in [-0.39, 0.29) is 47.5 Å². The van der Waals surface area contributed by atoms with Gasteiger partial charge < -0.3 is 4.84 Å². The number of thiophene rings is 1. The second kappa shape index (κ2) is 6.77. The fraction of sp³-hybridized carbons (Fsp3) is 0.462. The van der Waals surface area contributed by atoms with Crippen molar-refractivity contribution in [1.82, 2.24) is 0 Å². The Morgan fingerprint density at radius 3 is 2.55 bits per heavy atom. The normalized spacial score (nSPS) is 33.5. The van der Waals surface area contributed by atoms with E-state index >= 15 is 0 Å². The third-order valence-corrected chi connectivity index (χ3v) is 9.78. The third-order valence-electron chi connectivity index (χ3n) is 8.51. The molecule has 2 saturated carbocycles. The van der Waals surface area contributed by atoms with Gasteiger partial charge in [0.05, 0.1) is 23.1 Å². The highest BCUT2D eigenvalue weighted by atomic mass is 32.1. The first kappa shape index (κ1) is 19.5. The van der Waals surface area contributed by atoms with Crippen molar-refractivity contribution in [3.63, 3.8) is 0 Å². The highest BCUT2D eigenvalue weighted by Gasteiger charge is 2.70. The van der Waals surface area contributed by atoms with Crippen LogP contribution in [0.25, 0.3) is 0 Å². The van der Waals surface area contributed by atoms with Gasteiger partial charge in [-0.1, -0.05) is 35.0 Å². The van der Waals surface area contributed by atoms with Gasteiger partial charge in [0.1, 0.15) is 17.2 Å². The number of rotatable bonds is 2. The maximum absolute atomic E-state index is 13.8. The van der Waals surface area contributed by atoms with Crippen LogP contribution in [0.1, 0.15) is 46.4 Å². The monoisotopic (exact) mass is 457 g/mol. The molecule has 5 aliphatic rings. The molecule has 7 rings (SSSR count). The van der Waals surface area contributed by atoms with Crippen molar-refractivity contribution in [3.05, 3.63) is 51.4 Å². The van der Waals surface area contributed by atoms with Crippen molar-refractivity contribution in [2.45, 2.75) is 45.1 Å². The third kappa shape index (κ3) is 2.45. The number of aryl methyl sites for hydroxylation is 2. The summed E-state index contributed by atoms with van der Waals surface area (Å²) in [6.07, 6.45) is 4.62. The van der Waals surface area contributed by atoms with Gasteiger partial charge in [-0.15, -0.1) is 11.3 Å². The van der Waals surface area contributed by atoms with Gasteiger partial charge in [-0.3, -0.25) is 9.59 Å². The second-order valence-corrected chi connectivity index (χ2v) is 11.2. The highest BCUT2D eigenvalue weighted by Crippen LogP contribution is 2.62. The van der Waals surface area contributed by atoms with E-state index in [1.54, 1.807) is 0 Å². The number of imide groups is 1. The molecule has 6 nitrogen and oxygen atoms in total. The Balaban J connectivity index is 1.25. The molecule has 7 heteroatoms. The van der Waals surface area contributed by atoms with Crippen LogP contribution in [0.2, 0.25) is 0 Å². The van der Waals surface area contributed by atoms with Crippen LogP contribution in [0.15, 0.2) is 29.4 Å². The summed E-state index contributed by atoms with van der Waals surface area (Å²) in [6, 6.07) is 10.6. The average Bonchev–Trinajstić information content (AvgIpc) is 3.60. The van der Waals surface area contributed by atoms with E-state index < -0.39 is 0 Å². The fourth-order valence-corrected chi connectivity index (χ4v) is 8.46. The van der Waals surface area contributed by atoms with Crippen molar-refractivity contribution < 1.29 is 14.4 Å². The van der Waals surface area contributed by atoms with Gasteiger partial charge in [0, 0.05) is 16.7 Å². The Morgan fingerprint density at radius 1 is 1.06 bits per heavy atom. The van der Waals surface area contributed by atoms with Crippen LogP contribution < -0.4 is 4.90 Å². The molecule has 0 unspecified atom stereocenters. The summed E-state index contributed by atoms with van der Waals surface area (Å²) >= 11 is 1.48. The zero-order chi connectivity index (χ0) is 22.4. The van der Waals surface area contributed by atoms with Gasteiger partial charge in [0.2, 0.25) is 11.8 Å². The van der Waals surface area contributed by atoms with Crippen LogP contribution in [0, 0.1) is 47.8 Å². The summed E-state index contributed by atoms with van der Waals surface area (Å²) in [6.45, 7) is 2.05. The number of carbonyl (C=O) groups is 2. The molecule has 3 heterocycles. The number of fused-ring (bicyclic) bond motifs is 9. The molecule has 0 radical (unpaired) electrons. The molecule has 3 fully saturated rings. The minimum atomic E-state index is -0.359. The quantitative estimate of drug-likeness (QED) is 0.639. The molecule has 2 aromatic rings. The van der Waals surface area contributed by atoms with Crippen LogP contribution in [0.4, 0.5) is 5.00 Å². The first-order valence-corrected chi connectivity index (χ1v) is 12.6. The molecule has 0 spiro atoms. The molecule has 1 aromatic carbocycles. The molecule has 1 saturated heterocycles.